The minimum atomic E-state index is -4.42. The van der Waals surface area contributed by atoms with Crippen LogP contribution in [0.1, 0.15) is 16.2 Å². The second-order valence-electron chi connectivity index (χ2n) is 4.86. The van der Waals surface area contributed by atoms with Crippen molar-refractivity contribution in [2.24, 2.45) is 0 Å². The highest BCUT2D eigenvalue weighted by molar-refractivity contribution is 5.94. The summed E-state index contributed by atoms with van der Waals surface area (Å²) in [6.07, 6.45) is -4.42. The lowest BCUT2D eigenvalue weighted by Gasteiger charge is -2.26. The van der Waals surface area contributed by atoms with Crippen LogP contribution < -0.4 is 5.32 Å². The highest BCUT2D eigenvalue weighted by atomic mass is 19.4. The maximum atomic E-state index is 12.7. The summed E-state index contributed by atoms with van der Waals surface area (Å²) in [6, 6.07) is 3.21. The highest BCUT2D eigenvalue weighted by Crippen LogP contribution is 2.30. The Kier molecular flexibility index (Phi) is 3.32. The maximum Gasteiger partial charge on any atom is 0.416 e. The van der Waals surface area contributed by atoms with E-state index >= 15 is 0 Å². The predicted molar refractivity (Wildman–Crippen MR) is 69.9 cm³/mol. The number of rotatable bonds is 1. The number of hydrogen-bond acceptors (Lipinski definition) is 3. The molecule has 21 heavy (non-hydrogen) atoms. The first-order chi connectivity index (χ1) is 9.95. The van der Waals surface area contributed by atoms with Gasteiger partial charge in [-0.25, -0.2) is 4.98 Å². The van der Waals surface area contributed by atoms with Crippen molar-refractivity contribution < 1.29 is 18.0 Å². The Hall–Kier alpha value is -2.09. The summed E-state index contributed by atoms with van der Waals surface area (Å²) in [7, 11) is 0. The summed E-state index contributed by atoms with van der Waals surface area (Å²) < 4.78 is 38.0. The molecule has 1 aromatic carbocycles. The lowest BCUT2D eigenvalue weighted by molar-refractivity contribution is -0.137. The Balaban J connectivity index is 1.91. The molecule has 0 unspecified atom stereocenters. The molecule has 0 radical (unpaired) electrons. The molecule has 0 aliphatic carbocycles. The molecule has 1 fully saturated rings. The van der Waals surface area contributed by atoms with Gasteiger partial charge in [-0.3, -0.25) is 4.79 Å². The quantitative estimate of drug-likeness (QED) is 0.841. The van der Waals surface area contributed by atoms with E-state index in [1.54, 1.807) is 4.90 Å². The highest BCUT2D eigenvalue weighted by Gasteiger charge is 2.31. The number of aromatic amines is 1. The molecule has 3 rings (SSSR count). The molecule has 8 heteroatoms. The first kappa shape index (κ1) is 13.9. The maximum absolute atomic E-state index is 12.7. The molecule has 0 bridgehead atoms. The fourth-order valence-corrected chi connectivity index (χ4v) is 2.30. The SMILES string of the molecule is O=C(c1nc2cc(C(F)(F)F)ccc2[nH]1)N1CCNCC1. The minimum absolute atomic E-state index is 0.0752. The van der Waals surface area contributed by atoms with E-state index in [4.69, 9.17) is 0 Å². The fraction of sp³-hybridized carbons (Fsp3) is 0.385. The number of alkyl halides is 3. The van der Waals surface area contributed by atoms with Crippen LogP contribution in [-0.2, 0) is 6.18 Å². The van der Waals surface area contributed by atoms with Crippen LogP contribution in [0.25, 0.3) is 11.0 Å². The normalized spacial score (nSPS) is 16.4. The van der Waals surface area contributed by atoms with Crippen molar-refractivity contribution in [3.05, 3.63) is 29.6 Å². The largest absolute Gasteiger partial charge is 0.416 e. The fourth-order valence-electron chi connectivity index (χ4n) is 2.30. The molecule has 0 spiro atoms. The van der Waals surface area contributed by atoms with Gasteiger partial charge < -0.3 is 15.2 Å². The molecule has 0 atom stereocenters. The molecule has 1 saturated heterocycles. The molecular weight excluding hydrogens is 285 g/mol. The lowest BCUT2D eigenvalue weighted by atomic mass is 10.2. The summed E-state index contributed by atoms with van der Waals surface area (Å²) in [6.45, 7) is 2.52. The summed E-state index contributed by atoms with van der Waals surface area (Å²) >= 11 is 0. The number of aromatic nitrogens is 2. The first-order valence-corrected chi connectivity index (χ1v) is 6.52. The van der Waals surface area contributed by atoms with Gasteiger partial charge in [-0.1, -0.05) is 0 Å². The molecular formula is C13H13F3N4O. The van der Waals surface area contributed by atoms with Crippen molar-refractivity contribution in [1.29, 1.82) is 0 Å². The molecule has 112 valence electrons. The van der Waals surface area contributed by atoms with Crippen LogP contribution in [0.2, 0.25) is 0 Å². The number of carbonyl (C=O) groups excluding carboxylic acids is 1. The van der Waals surface area contributed by atoms with E-state index in [2.05, 4.69) is 15.3 Å². The van der Waals surface area contributed by atoms with E-state index in [1.165, 1.54) is 6.07 Å². The minimum Gasteiger partial charge on any atom is -0.334 e. The summed E-state index contributed by atoms with van der Waals surface area (Å²) in [5, 5.41) is 3.12. The standard InChI is InChI=1S/C13H13F3N4O/c14-13(15,16)8-1-2-9-10(7-8)19-11(18-9)12(21)20-5-3-17-4-6-20/h1-2,7,17H,3-6H2,(H,18,19). The van der Waals surface area contributed by atoms with E-state index in [0.29, 0.717) is 31.7 Å². The average Bonchev–Trinajstić information content (AvgIpc) is 2.89. The Morgan fingerprint density at radius 1 is 1.24 bits per heavy atom. The zero-order valence-electron chi connectivity index (χ0n) is 11.0. The average molecular weight is 298 g/mol. The number of fused-ring (bicyclic) bond motifs is 1. The molecule has 2 heterocycles. The van der Waals surface area contributed by atoms with Crippen LogP contribution in [0.4, 0.5) is 13.2 Å². The van der Waals surface area contributed by atoms with Gasteiger partial charge in [0.1, 0.15) is 0 Å². The van der Waals surface area contributed by atoms with Gasteiger partial charge in [0.05, 0.1) is 16.6 Å². The van der Waals surface area contributed by atoms with Gasteiger partial charge in [-0.2, -0.15) is 13.2 Å². The van der Waals surface area contributed by atoms with E-state index in [9.17, 15) is 18.0 Å². The van der Waals surface area contributed by atoms with Gasteiger partial charge >= 0.3 is 6.18 Å². The van der Waals surface area contributed by atoms with Crippen LogP contribution in [0.5, 0.6) is 0 Å². The van der Waals surface area contributed by atoms with Crippen LogP contribution in [0.15, 0.2) is 18.2 Å². The number of imidazole rings is 1. The van der Waals surface area contributed by atoms with Crippen LogP contribution in [0, 0.1) is 0 Å². The number of halogens is 3. The van der Waals surface area contributed by atoms with E-state index in [0.717, 1.165) is 12.1 Å². The van der Waals surface area contributed by atoms with Crippen LogP contribution in [0.3, 0.4) is 0 Å². The third-order valence-electron chi connectivity index (χ3n) is 3.42. The van der Waals surface area contributed by atoms with Gasteiger partial charge in [0.15, 0.2) is 5.82 Å². The summed E-state index contributed by atoms with van der Waals surface area (Å²) in [4.78, 5) is 20.6. The van der Waals surface area contributed by atoms with E-state index < -0.39 is 11.7 Å². The summed E-state index contributed by atoms with van der Waals surface area (Å²) in [5.74, 6) is -0.215. The Labute approximate surface area is 118 Å². The molecule has 1 aromatic heterocycles. The van der Waals surface area contributed by atoms with Crippen molar-refractivity contribution in [3.8, 4) is 0 Å². The predicted octanol–water partition coefficient (Wildman–Crippen LogP) is 1.63. The van der Waals surface area contributed by atoms with Gasteiger partial charge in [0, 0.05) is 26.2 Å². The van der Waals surface area contributed by atoms with Gasteiger partial charge in [0.2, 0.25) is 0 Å². The topological polar surface area (TPSA) is 61.0 Å². The number of H-pyrrole nitrogens is 1. The summed E-state index contributed by atoms with van der Waals surface area (Å²) in [5.41, 5.74) is -0.215. The van der Waals surface area contributed by atoms with Crippen LogP contribution >= 0.6 is 0 Å². The first-order valence-electron chi connectivity index (χ1n) is 6.52. The second-order valence-corrected chi connectivity index (χ2v) is 4.86. The van der Waals surface area contributed by atoms with Gasteiger partial charge in [-0.05, 0) is 18.2 Å². The third kappa shape index (κ3) is 2.71. The number of nitrogens with one attached hydrogen (secondary N) is 2. The molecule has 1 amide bonds. The number of benzene rings is 1. The van der Waals surface area contributed by atoms with Crippen molar-refractivity contribution >= 4 is 16.9 Å². The molecule has 0 saturated carbocycles. The van der Waals surface area contributed by atoms with E-state index in [1.807, 2.05) is 0 Å². The van der Waals surface area contributed by atoms with Crippen molar-refractivity contribution in [3.63, 3.8) is 0 Å². The number of nitrogens with zero attached hydrogens (tertiary/aromatic N) is 2. The lowest BCUT2D eigenvalue weighted by Crippen LogP contribution is -2.46. The number of carbonyl (C=O) groups is 1. The molecule has 2 N–H and O–H groups in total. The van der Waals surface area contributed by atoms with Crippen molar-refractivity contribution in [2.45, 2.75) is 6.18 Å². The second kappa shape index (κ2) is 5.03. The zero-order chi connectivity index (χ0) is 15.0. The number of amides is 1. The Morgan fingerprint density at radius 3 is 2.62 bits per heavy atom. The Morgan fingerprint density at radius 2 is 1.95 bits per heavy atom. The van der Waals surface area contributed by atoms with Crippen molar-refractivity contribution in [1.82, 2.24) is 20.2 Å². The molecule has 1 aliphatic heterocycles. The van der Waals surface area contributed by atoms with Crippen molar-refractivity contribution in [2.75, 3.05) is 26.2 Å². The Bertz CT molecular complexity index is 674. The smallest absolute Gasteiger partial charge is 0.334 e. The number of piperazine rings is 1. The zero-order valence-corrected chi connectivity index (χ0v) is 11.0. The third-order valence-corrected chi connectivity index (χ3v) is 3.42. The molecule has 2 aromatic rings. The monoisotopic (exact) mass is 298 g/mol. The van der Waals surface area contributed by atoms with Gasteiger partial charge in [0.25, 0.3) is 5.91 Å². The number of hydrogen-bond donors (Lipinski definition) is 2. The van der Waals surface area contributed by atoms with Gasteiger partial charge in [-0.15, -0.1) is 0 Å². The molecule has 5 nitrogen and oxygen atoms in total. The van der Waals surface area contributed by atoms with Crippen LogP contribution in [-0.4, -0.2) is 47.0 Å². The van der Waals surface area contributed by atoms with E-state index in [-0.39, 0.29) is 17.2 Å². The molecule has 1 aliphatic rings.